The van der Waals surface area contributed by atoms with E-state index in [1.54, 1.807) is 31.6 Å². The predicted molar refractivity (Wildman–Crippen MR) is 74.2 cm³/mol. The number of rotatable bonds is 5. The van der Waals surface area contributed by atoms with Crippen molar-refractivity contribution < 1.29 is 9.53 Å². The number of benzene rings is 1. The molecule has 1 aromatic carbocycles. The molecule has 0 fully saturated rings. The van der Waals surface area contributed by atoms with Crippen molar-refractivity contribution in [2.75, 3.05) is 7.11 Å². The molecular weight excluding hydrogens is 240 g/mol. The van der Waals surface area contributed by atoms with Crippen LogP contribution in [0.15, 0.2) is 30.6 Å². The van der Waals surface area contributed by atoms with E-state index in [2.05, 4.69) is 9.97 Å². The second-order valence-electron chi connectivity index (χ2n) is 5.15. The number of hydrogen-bond donors (Lipinski definition) is 0. The number of aromatic nitrogens is 2. The zero-order valence-corrected chi connectivity index (χ0v) is 11.5. The number of carbonyl (C=O) groups is 1. The van der Waals surface area contributed by atoms with Crippen LogP contribution in [0.25, 0.3) is 11.0 Å². The van der Waals surface area contributed by atoms with Gasteiger partial charge in [0.1, 0.15) is 0 Å². The van der Waals surface area contributed by atoms with Crippen LogP contribution in [-0.2, 0) is 4.74 Å². The molecule has 0 atom stereocenters. The second kappa shape index (κ2) is 5.45. The van der Waals surface area contributed by atoms with Gasteiger partial charge in [0, 0.05) is 31.5 Å². The van der Waals surface area contributed by atoms with Crippen LogP contribution in [0.5, 0.6) is 0 Å². The Labute approximate surface area is 112 Å². The molecule has 0 saturated carbocycles. The Bertz CT molecular complexity index is 593. The monoisotopic (exact) mass is 258 g/mol. The van der Waals surface area contributed by atoms with Gasteiger partial charge in [-0.15, -0.1) is 0 Å². The third kappa shape index (κ3) is 3.35. The minimum absolute atomic E-state index is 0.109. The normalized spacial score (nSPS) is 11.7. The number of nitrogens with zero attached hydrogens (tertiary/aromatic N) is 2. The topological polar surface area (TPSA) is 52.1 Å². The van der Waals surface area contributed by atoms with E-state index < -0.39 is 0 Å². The number of methoxy groups -OCH3 is 1. The lowest BCUT2D eigenvalue weighted by Gasteiger charge is -2.22. The van der Waals surface area contributed by atoms with E-state index in [-0.39, 0.29) is 11.4 Å². The molecule has 0 bridgehead atoms. The smallest absolute Gasteiger partial charge is 0.163 e. The molecule has 0 saturated heterocycles. The predicted octanol–water partition coefficient (Wildman–Crippen LogP) is 3.02. The highest BCUT2D eigenvalue weighted by molar-refractivity contribution is 5.98. The lowest BCUT2D eigenvalue weighted by molar-refractivity contribution is 0.0141. The van der Waals surface area contributed by atoms with Crippen LogP contribution in [0, 0.1) is 0 Å². The molecule has 2 rings (SSSR count). The van der Waals surface area contributed by atoms with Gasteiger partial charge in [0.05, 0.1) is 16.6 Å². The minimum atomic E-state index is -0.272. The van der Waals surface area contributed by atoms with Crippen LogP contribution in [0.1, 0.15) is 37.0 Å². The van der Waals surface area contributed by atoms with Crippen molar-refractivity contribution in [2.24, 2.45) is 0 Å². The van der Waals surface area contributed by atoms with Crippen molar-refractivity contribution >= 4 is 16.8 Å². The van der Waals surface area contributed by atoms with Gasteiger partial charge in [0.15, 0.2) is 5.78 Å². The van der Waals surface area contributed by atoms with Crippen molar-refractivity contribution in [3.63, 3.8) is 0 Å². The molecule has 0 radical (unpaired) electrons. The SMILES string of the molecule is COC(C)(C)CCC(=O)c1ccc2nccnc2c1. The number of fused-ring (bicyclic) bond motifs is 1. The van der Waals surface area contributed by atoms with Gasteiger partial charge in [-0.3, -0.25) is 14.8 Å². The largest absolute Gasteiger partial charge is 0.379 e. The maximum absolute atomic E-state index is 12.1. The van der Waals surface area contributed by atoms with Crippen LogP contribution in [0.3, 0.4) is 0 Å². The summed E-state index contributed by atoms with van der Waals surface area (Å²) in [7, 11) is 1.66. The zero-order chi connectivity index (χ0) is 13.9. The van der Waals surface area contributed by atoms with Gasteiger partial charge in [-0.05, 0) is 38.5 Å². The Morgan fingerprint density at radius 2 is 1.89 bits per heavy atom. The van der Waals surface area contributed by atoms with E-state index in [1.807, 2.05) is 19.9 Å². The molecule has 0 unspecified atom stereocenters. The molecular formula is C15H18N2O2. The summed E-state index contributed by atoms with van der Waals surface area (Å²) in [4.78, 5) is 20.5. The maximum atomic E-state index is 12.1. The Kier molecular flexibility index (Phi) is 3.90. The van der Waals surface area contributed by atoms with Crippen molar-refractivity contribution in [2.45, 2.75) is 32.3 Å². The van der Waals surface area contributed by atoms with Crippen molar-refractivity contribution in [3.05, 3.63) is 36.2 Å². The molecule has 4 heteroatoms. The molecule has 0 aliphatic rings. The molecule has 0 N–H and O–H groups in total. The molecule has 0 aliphatic heterocycles. The lowest BCUT2D eigenvalue weighted by Crippen LogP contribution is -2.23. The summed E-state index contributed by atoms with van der Waals surface area (Å²) < 4.78 is 5.32. The molecule has 2 aromatic rings. The van der Waals surface area contributed by atoms with E-state index in [9.17, 15) is 4.79 Å². The van der Waals surface area contributed by atoms with Crippen molar-refractivity contribution in [3.8, 4) is 0 Å². The molecule has 0 aliphatic carbocycles. The quantitative estimate of drug-likeness (QED) is 0.773. The summed E-state index contributed by atoms with van der Waals surface area (Å²) in [6.45, 7) is 3.96. The van der Waals surface area contributed by atoms with Crippen LogP contribution in [0.2, 0.25) is 0 Å². The van der Waals surface area contributed by atoms with E-state index in [4.69, 9.17) is 4.74 Å². The standard InChI is InChI=1S/C15H18N2O2/c1-15(2,19-3)7-6-14(18)11-4-5-12-13(10-11)17-9-8-16-12/h4-5,8-10H,6-7H2,1-3H3. The van der Waals surface area contributed by atoms with E-state index in [1.165, 1.54) is 0 Å². The average molecular weight is 258 g/mol. The van der Waals surface area contributed by atoms with E-state index >= 15 is 0 Å². The van der Waals surface area contributed by atoms with Crippen LogP contribution in [-0.4, -0.2) is 28.5 Å². The first-order chi connectivity index (χ1) is 9.02. The summed E-state index contributed by atoms with van der Waals surface area (Å²) in [5, 5.41) is 0. The molecule has 19 heavy (non-hydrogen) atoms. The number of ether oxygens (including phenoxy) is 1. The maximum Gasteiger partial charge on any atom is 0.163 e. The van der Waals surface area contributed by atoms with Gasteiger partial charge in [-0.1, -0.05) is 0 Å². The van der Waals surface area contributed by atoms with Crippen LogP contribution in [0.4, 0.5) is 0 Å². The molecule has 0 amide bonds. The molecule has 1 heterocycles. The number of ketones is 1. The van der Waals surface area contributed by atoms with Crippen molar-refractivity contribution in [1.82, 2.24) is 9.97 Å². The molecule has 100 valence electrons. The summed E-state index contributed by atoms with van der Waals surface area (Å²) in [5.74, 6) is 0.109. The molecule has 1 aromatic heterocycles. The van der Waals surface area contributed by atoms with E-state index in [0.717, 1.165) is 11.0 Å². The Hall–Kier alpha value is -1.81. The van der Waals surface area contributed by atoms with Gasteiger partial charge in [0.25, 0.3) is 0 Å². The summed E-state index contributed by atoms with van der Waals surface area (Å²) in [5.41, 5.74) is 1.96. The van der Waals surface area contributed by atoms with E-state index in [0.29, 0.717) is 18.4 Å². The summed E-state index contributed by atoms with van der Waals surface area (Å²) in [6.07, 6.45) is 4.43. The number of carbonyl (C=O) groups excluding carboxylic acids is 1. The highest BCUT2D eigenvalue weighted by Gasteiger charge is 2.18. The summed E-state index contributed by atoms with van der Waals surface area (Å²) in [6, 6.07) is 5.43. The Morgan fingerprint density at radius 3 is 2.58 bits per heavy atom. The zero-order valence-electron chi connectivity index (χ0n) is 11.5. The first-order valence-corrected chi connectivity index (χ1v) is 6.31. The number of Topliss-reactive ketones (excluding diaryl/α,β-unsaturated/α-hetero) is 1. The summed E-state index contributed by atoms with van der Waals surface area (Å²) >= 11 is 0. The van der Waals surface area contributed by atoms with Gasteiger partial charge >= 0.3 is 0 Å². The third-order valence-corrected chi connectivity index (χ3v) is 3.30. The van der Waals surface area contributed by atoms with Gasteiger partial charge in [0.2, 0.25) is 0 Å². The fraction of sp³-hybridized carbons (Fsp3) is 0.400. The molecule has 4 nitrogen and oxygen atoms in total. The van der Waals surface area contributed by atoms with Gasteiger partial charge in [-0.2, -0.15) is 0 Å². The van der Waals surface area contributed by atoms with Crippen LogP contribution >= 0.6 is 0 Å². The molecule has 0 spiro atoms. The highest BCUT2D eigenvalue weighted by atomic mass is 16.5. The van der Waals surface area contributed by atoms with Gasteiger partial charge in [-0.25, -0.2) is 0 Å². The average Bonchev–Trinajstić information content (AvgIpc) is 2.44. The van der Waals surface area contributed by atoms with Crippen LogP contribution < -0.4 is 0 Å². The highest BCUT2D eigenvalue weighted by Crippen LogP contribution is 2.19. The first-order valence-electron chi connectivity index (χ1n) is 6.31. The second-order valence-corrected chi connectivity index (χ2v) is 5.15. The fourth-order valence-corrected chi connectivity index (χ4v) is 1.80. The van der Waals surface area contributed by atoms with Gasteiger partial charge < -0.3 is 4.74 Å². The number of hydrogen-bond acceptors (Lipinski definition) is 4. The Balaban J connectivity index is 2.13. The third-order valence-electron chi connectivity index (χ3n) is 3.30. The minimum Gasteiger partial charge on any atom is -0.379 e. The van der Waals surface area contributed by atoms with Crippen molar-refractivity contribution in [1.29, 1.82) is 0 Å². The first kappa shape index (κ1) is 13.6. The lowest BCUT2D eigenvalue weighted by atomic mass is 9.97. The Morgan fingerprint density at radius 1 is 1.21 bits per heavy atom. The fourth-order valence-electron chi connectivity index (χ4n) is 1.80.